The summed E-state index contributed by atoms with van der Waals surface area (Å²) < 4.78 is 5.10. The van der Waals surface area contributed by atoms with Gasteiger partial charge in [0, 0.05) is 5.69 Å². The number of nitrogens with zero attached hydrogens (tertiary/aromatic N) is 2. The maximum Gasteiger partial charge on any atom is 0.237 e. The molecule has 2 aromatic rings. The number of nitrogens with two attached hydrogens (primary N) is 1. The lowest BCUT2D eigenvalue weighted by molar-refractivity contribution is 0.397. The van der Waals surface area contributed by atoms with Crippen molar-refractivity contribution >= 4 is 17.4 Å². The highest BCUT2D eigenvalue weighted by molar-refractivity contribution is 7.99. The highest BCUT2D eigenvalue weighted by Crippen LogP contribution is 2.29. The first-order valence-corrected chi connectivity index (χ1v) is 6.34. The number of methoxy groups -OCH3 is 1. The summed E-state index contributed by atoms with van der Waals surface area (Å²) in [6, 6.07) is 7.72. The molecule has 0 unspecified atom stereocenters. The molecule has 0 aliphatic carbocycles. The number of pyridine rings is 2. The Hall–Kier alpha value is -1.75. The lowest BCUT2D eigenvalue weighted by Gasteiger charge is -2.06. The number of anilines is 1. The van der Waals surface area contributed by atoms with Crippen LogP contribution in [0, 0.1) is 13.8 Å². The van der Waals surface area contributed by atoms with Gasteiger partial charge >= 0.3 is 0 Å². The Morgan fingerprint density at radius 3 is 2.56 bits per heavy atom. The van der Waals surface area contributed by atoms with Crippen LogP contribution in [-0.4, -0.2) is 17.1 Å². The third-order valence-electron chi connectivity index (χ3n) is 2.34. The second kappa shape index (κ2) is 5.27. The fraction of sp³-hybridized carbons (Fsp3) is 0.231. The first kappa shape index (κ1) is 12.7. The van der Waals surface area contributed by atoms with Crippen LogP contribution in [0.3, 0.4) is 0 Å². The molecule has 0 fully saturated rings. The van der Waals surface area contributed by atoms with E-state index in [1.165, 1.54) is 17.3 Å². The summed E-state index contributed by atoms with van der Waals surface area (Å²) >= 11 is 1.50. The summed E-state index contributed by atoms with van der Waals surface area (Å²) in [6.45, 7) is 4.03. The molecule has 94 valence electrons. The van der Waals surface area contributed by atoms with Gasteiger partial charge in [0.15, 0.2) is 0 Å². The topological polar surface area (TPSA) is 61.0 Å². The summed E-state index contributed by atoms with van der Waals surface area (Å²) in [5.41, 5.74) is 8.45. The van der Waals surface area contributed by atoms with Crippen molar-refractivity contribution in [3.8, 4) is 5.88 Å². The molecule has 2 N–H and O–H groups in total. The summed E-state index contributed by atoms with van der Waals surface area (Å²) in [5.74, 6) is 0.448. The van der Waals surface area contributed by atoms with Crippen LogP contribution in [0.15, 0.2) is 34.3 Å². The zero-order chi connectivity index (χ0) is 13.1. The number of hydrogen-bond donors (Lipinski definition) is 1. The first-order valence-electron chi connectivity index (χ1n) is 5.52. The molecule has 0 saturated carbocycles. The molecule has 2 heterocycles. The molecule has 0 atom stereocenters. The predicted octanol–water partition coefficient (Wildman–Crippen LogP) is 2.84. The molecule has 0 aliphatic heterocycles. The number of hydrogen-bond acceptors (Lipinski definition) is 5. The Bertz CT molecular complexity index is 552. The highest BCUT2D eigenvalue weighted by atomic mass is 32.2. The van der Waals surface area contributed by atoms with Gasteiger partial charge in [-0.15, -0.1) is 0 Å². The molecule has 0 aliphatic rings. The minimum Gasteiger partial charge on any atom is -0.480 e. The Morgan fingerprint density at radius 2 is 1.89 bits per heavy atom. The van der Waals surface area contributed by atoms with Crippen LogP contribution < -0.4 is 10.5 Å². The molecule has 0 amide bonds. The third kappa shape index (κ3) is 2.92. The molecule has 0 spiro atoms. The van der Waals surface area contributed by atoms with Gasteiger partial charge in [0.1, 0.15) is 10.1 Å². The van der Waals surface area contributed by atoms with E-state index in [0.29, 0.717) is 11.6 Å². The molecule has 2 rings (SSSR count). The smallest absolute Gasteiger partial charge is 0.237 e. The van der Waals surface area contributed by atoms with E-state index in [2.05, 4.69) is 16.9 Å². The number of rotatable bonds is 3. The van der Waals surface area contributed by atoms with Gasteiger partial charge in [0.2, 0.25) is 5.88 Å². The Balaban J connectivity index is 2.28. The molecule has 0 aromatic carbocycles. The average Bonchev–Trinajstić information content (AvgIpc) is 2.30. The van der Waals surface area contributed by atoms with Crippen molar-refractivity contribution in [1.29, 1.82) is 0 Å². The zero-order valence-electron chi connectivity index (χ0n) is 10.6. The largest absolute Gasteiger partial charge is 0.480 e. The molecule has 2 aromatic heterocycles. The summed E-state index contributed by atoms with van der Waals surface area (Å²) in [6.07, 6.45) is 0. The van der Waals surface area contributed by atoms with Crippen LogP contribution in [0.25, 0.3) is 0 Å². The Morgan fingerprint density at radius 1 is 1.11 bits per heavy atom. The van der Waals surface area contributed by atoms with Crippen molar-refractivity contribution < 1.29 is 4.74 Å². The number of ether oxygens (including phenoxy) is 1. The molecule has 0 radical (unpaired) electrons. The van der Waals surface area contributed by atoms with Crippen molar-refractivity contribution in [2.75, 3.05) is 12.8 Å². The van der Waals surface area contributed by atoms with Crippen LogP contribution in [0.1, 0.15) is 11.3 Å². The van der Waals surface area contributed by atoms with Crippen LogP contribution in [0.4, 0.5) is 5.69 Å². The van der Waals surface area contributed by atoms with E-state index in [-0.39, 0.29) is 0 Å². The zero-order valence-corrected chi connectivity index (χ0v) is 11.4. The van der Waals surface area contributed by atoms with Crippen LogP contribution in [0.5, 0.6) is 5.88 Å². The quantitative estimate of drug-likeness (QED) is 0.920. The van der Waals surface area contributed by atoms with Crippen molar-refractivity contribution in [2.24, 2.45) is 0 Å². The van der Waals surface area contributed by atoms with E-state index in [0.717, 1.165) is 15.7 Å². The van der Waals surface area contributed by atoms with Gasteiger partial charge in [-0.3, -0.25) is 0 Å². The standard InChI is InChI=1S/C13H15N3OS/c1-8-6-9(2)15-12(7-8)18-11-5-4-10(14)13(16-11)17-3/h4-7H,14H2,1-3H3. The highest BCUT2D eigenvalue weighted by Gasteiger charge is 2.06. The van der Waals surface area contributed by atoms with E-state index in [9.17, 15) is 0 Å². The fourth-order valence-electron chi connectivity index (χ4n) is 1.62. The van der Waals surface area contributed by atoms with Crippen LogP contribution in [0.2, 0.25) is 0 Å². The van der Waals surface area contributed by atoms with Gasteiger partial charge in [-0.2, -0.15) is 0 Å². The minimum absolute atomic E-state index is 0.448. The maximum absolute atomic E-state index is 5.73. The predicted molar refractivity (Wildman–Crippen MR) is 73.0 cm³/mol. The normalized spacial score (nSPS) is 10.4. The van der Waals surface area contributed by atoms with Gasteiger partial charge in [0.25, 0.3) is 0 Å². The maximum atomic E-state index is 5.73. The molecule has 5 heteroatoms. The number of nitrogen functional groups attached to an aromatic ring is 1. The number of aromatic nitrogens is 2. The van der Waals surface area contributed by atoms with Crippen molar-refractivity contribution in [2.45, 2.75) is 23.9 Å². The van der Waals surface area contributed by atoms with E-state index in [4.69, 9.17) is 10.5 Å². The monoisotopic (exact) mass is 261 g/mol. The first-order chi connectivity index (χ1) is 8.58. The third-order valence-corrected chi connectivity index (χ3v) is 3.20. The number of aryl methyl sites for hydroxylation is 2. The van der Waals surface area contributed by atoms with Gasteiger partial charge in [-0.1, -0.05) is 0 Å². The van der Waals surface area contributed by atoms with Gasteiger partial charge in [-0.05, 0) is 55.4 Å². The minimum atomic E-state index is 0.448. The molecular weight excluding hydrogens is 246 g/mol. The Labute approximate surface area is 111 Å². The SMILES string of the molecule is COc1nc(Sc2cc(C)cc(C)n2)ccc1N. The molecule has 4 nitrogen and oxygen atoms in total. The van der Waals surface area contributed by atoms with Crippen molar-refractivity contribution in [1.82, 2.24) is 9.97 Å². The van der Waals surface area contributed by atoms with Gasteiger partial charge in [-0.25, -0.2) is 9.97 Å². The summed E-state index contributed by atoms with van der Waals surface area (Å²) in [4.78, 5) is 8.78. The van der Waals surface area contributed by atoms with Gasteiger partial charge in [0.05, 0.1) is 12.8 Å². The summed E-state index contributed by atoms with van der Waals surface area (Å²) in [7, 11) is 1.56. The second-order valence-corrected chi connectivity index (χ2v) is 5.01. The van der Waals surface area contributed by atoms with Crippen LogP contribution in [-0.2, 0) is 0 Å². The van der Waals surface area contributed by atoms with E-state index in [1.54, 1.807) is 13.2 Å². The fourth-order valence-corrected chi connectivity index (χ4v) is 2.53. The average molecular weight is 261 g/mol. The van der Waals surface area contributed by atoms with E-state index < -0.39 is 0 Å². The van der Waals surface area contributed by atoms with Crippen molar-refractivity contribution in [3.63, 3.8) is 0 Å². The lowest BCUT2D eigenvalue weighted by atomic mass is 10.3. The van der Waals surface area contributed by atoms with Crippen LogP contribution >= 0.6 is 11.8 Å². The Kier molecular flexibility index (Phi) is 3.72. The van der Waals surface area contributed by atoms with Gasteiger partial charge < -0.3 is 10.5 Å². The van der Waals surface area contributed by atoms with E-state index in [1.807, 2.05) is 25.1 Å². The molecule has 0 saturated heterocycles. The molecule has 18 heavy (non-hydrogen) atoms. The molecule has 0 bridgehead atoms. The second-order valence-electron chi connectivity index (χ2n) is 3.97. The van der Waals surface area contributed by atoms with Crippen molar-refractivity contribution in [3.05, 3.63) is 35.5 Å². The lowest BCUT2D eigenvalue weighted by Crippen LogP contribution is -1.96. The van der Waals surface area contributed by atoms with E-state index >= 15 is 0 Å². The molecular formula is C13H15N3OS. The summed E-state index contributed by atoms with van der Waals surface area (Å²) in [5, 5.41) is 1.74.